The molecule has 31 heavy (non-hydrogen) atoms. The molecule has 0 amide bonds. The lowest BCUT2D eigenvalue weighted by atomic mass is 10.4. The summed E-state index contributed by atoms with van der Waals surface area (Å²) in [5.74, 6) is 0. The van der Waals surface area contributed by atoms with Crippen LogP contribution < -0.4 is 0 Å². The zero-order valence-corrected chi connectivity index (χ0v) is 23.5. The van der Waals surface area contributed by atoms with Gasteiger partial charge in [-0.1, -0.05) is 77.7 Å². The molecular formula is C25H52O4Si2. The Kier molecular flexibility index (Phi) is 20.2. The standard InChI is InChI=1S/C25H52O4Si2/c1-7-13-19-26-30(23-17-11-5,27-20-14-8-2)25-31(24-18-12-6,28-21-15-9-3)29-22-16-10-4/h11-12,17-18H,7-10,13-16,19-25H2,1-6H3. The van der Waals surface area contributed by atoms with Crippen molar-refractivity contribution in [3.63, 3.8) is 0 Å². The summed E-state index contributed by atoms with van der Waals surface area (Å²) < 4.78 is 26.7. The zero-order chi connectivity index (χ0) is 23.3. The van der Waals surface area contributed by atoms with Crippen LogP contribution in [0.4, 0.5) is 0 Å². The highest BCUT2D eigenvalue weighted by Crippen LogP contribution is 2.32. The average molecular weight is 473 g/mol. The van der Waals surface area contributed by atoms with E-state index < -0.39 is 17.1 Å². The summed E-state index contributed by atoms with van der Waals surface area (Å²) in [6.45, 7) is 16.1. The lowest BCUT2D eigenvalue weighted by molar-refractivity contribution is 0.146. The van der Waals surface area contributed by atoms with Gasteiger partial charge in [0.15, 0.2) is 0 Å². The molecule has 0 aromatic rings. The van der Waals surface area contributed by atoms with Crippen LogP contribution in [0.1, 0.15) is 92.9 Å². The summed E-state index contributed by atoms with van der Waals surface area (Å²) in [4.78, 5) is 0. The molecule has 0 radical (unpaired) electrons. The Labute approximate surface area is 196 Å². The fraction of sp³-hybridized carbons (Fsp3) is 0.840. The molecule has 0 aromatic carbocycles. The predicted octanol–water partition coefficient (Wildman–Crippen LogP) is 7.83. The first-order valence-electron chi connectivity index (χ1n) is 12.9. The van der Waals surface area contributed by atoms with Crippen molar-refractivity contribution >= 4 is 17.1 Å². The molecule has 0 aromatic heterocycles. The molecule has 0 aliphatic carbocycles. The average Bonchev–Trinajstić information content (AvgIpc) is 2.77. The fourth-order valence-corrected chi connectivity index (χ4v) is 13.2. The zero-order valence-electron chi connectivity index (χ0n) is 21.5. The van der Waals surface area contributed by atoms with E-state index in [-0.39, 0.29) is 0 Å². The lowest BCUT2D eigenvalue weighted by Crippen LogP contribution is -2.55. The van der Waals surface area contributed by atoms with Crippen molar-refractivity contribution in [1.82, 2.24) is 0 Å². The van der Waals surface area contributed by atoms with Crippen LogP contribution in [0.25, 0.3) is 0 Å². The van der Waals surface area contributed by atoms with E-state index in [0.29, 0.717) is 0 Å². The molecule has 0 spiro atoms. The smallest absolute Gasteiger partial charge is 0.343 e. The molecule has 0 rings (SSSR count). The van der Waals surface area contributed by atoms with Crippen LogP contribution in [0.5, 0.6) is 0 Å². The normalized spacial score (nSPS) is 13.1. The van der Waals surface area contributed by atoms with E-state index in [1.807, 2.05) is 0 Å². The van der Waals surface area contributed by atoms with Gasteiger partial charge in [0.2, 0.25) is 0 Å². The van der Waals surface area contributed by atoms with Crippen molar-refractivity contribution in [1.29, 1.82) is 0 Å². The Hall–Kier alpha value is -0.246. The third-order valence-corrected chi connectivity index (χ3v) is 14.3. The third kappa shape index (κ3) is 14.5. The van der Waals surface area contributed by atoms with Crippen LogP contribution >= 0.6 is 0 Å². The lowest BCUT2D eigenvalue weighted by Gasteiger charge is -2.38. The van der Waals surface area contributed by atoms with Gasteiger partial charge in [0.25, 0.3) is 0 Å². The van der Waals surface area contributed by atoms with Gasteiger partial charge in [-0.25, -0.2) is 0 Å². The highest BCUT2D eigenvalue weighted by Gasteiger charge is 2.50. The molecule has 0 saturated carbocycles. The molecule has 0 bridgehead atoms. The number of allylic oxidation sites excluding steroid dienone is 4. The van der Waals surface area contributed by atoms with Crippen LogP contribution in [-0.4, -0.2) is 43.5 Å². The number of unbranched alkanes of at least 4 members (excludes halogenated alkanes) is 4. The van der Waals surface area contributed by atoms with E-state index in [4.69, 9.17) is 17.7 Å². The highest BCUT2D eigenvalue weighted by atomic mass is 28.4. The van der Waals surface area contributed by atoms with E-state index in [1.54, 1.807) is 0 Å². The first-order valence-corrected chi connectivity index (χ1v) is 17.3. The van der Waals surface area contributed by atoms with Crippen molar-refractivity contribution in [2.45, 2.75) is 111 Å². The maximum Gasteiger partial charge on any atom is 0.343 e. The topological polar surface area (TPSA) is 36.9 Å². The van der Waals surface area contributed by atoms with E-state index >= 15 is 0 Å². The minimum absolute atomic E-state index is 0.768. The predicted molar refractivity (Wildman–Crippen MR) is 139 cm³/mol. The van der Waals surface area contributed by atoms with Gasteiger partial charge >= 0.3 is 17.1 Å². The van der Waals surface area contributed by atoms with Gasteiger partial charge < -0.3 is 17.7 Å². The van der Waals surface area contributed by atoms with Crippen molar-refractivity contribution in [2.75, 3.05) is 26.4 Å². The molecule has 6 heteroatoms. The van der Waals surface area contributed by atoms with E-state index in [9.17, 15) is 0 Å². The van der Waals surface area contributed by atoms with Crippen LogP contribution in [-0.2, 0) is 17.7 Å². The summed E-state index contributed by atoms with van der Waals surface area (Å²) >= 11 is 0. The van der Waals surface area contributed by atoms with Crippen molar-refractivity contribution in [3.8, 4) is 0 Å². The Morgan fingerprint density at radius 3 is 1.03 bits per heavy atom. The molecule has 0 unspecified atom stereocenters. The molecule has 0 aliphatic heterocycles. The van der Waals surface area contributed by atoms with Gasteiger partial charge in [0, 0.05) is 44.2 Å². The second-order valence-electron chi connectivity index (χ2n) is 8.35. The quantitative estimate of drug-likeness (QED) is 0.0913. The van der Waals surface area contributed by atoms with Gasteiger partial charge in [-0.15, -0.1) is 0 Å². The molecule has 0 N–H and O–H groups in total. The van der Waals surface area contributed by atoms with E-state index in [0.717, 1.165) is 95.5 Å². The SMILES string of the molecule is CC=CC[Si](C[Si](CC=CC)(OCCCC)OCCCC)(OCCCC)OCCCC. The van der Waals surface area contributed by atoms with Crippen LogP contribution in [0.2, 0.25) is 17.8 Å². The number of hydrogen-bond acceptors (Lipinski definition) is 4. The van der Waals surface area contributed by atoms with Gasteiger partial charge in [0.05, 0.1) is 0 Å². The monoisotopic (exact) mass is 472 g/mol. The second-order valence-corrected chi connectivity index (χ2v) is 15.4. The summed E-state index contributed by atoms with van der Waals surface area (Å²) in [5, 5.41) is 0. The van der Waals surface area contributed by atoms with Gasteiger partial charge in [-0.2, -0.15) is 0 Å². The second kappa shape index (κ2) is 20.4. The molecule has 0 aliphatic rings. The van der Waals surface area contributed by atoms with E-state index in [2.05, 4.69) is 65.8 Å². The molecule has 184 valence electrons. The summed E-state index contributed by atoms with van der Waals surface area (Å²) in [7, 11) is -5.01. The van der Waals surface area contributed by atoms with Crippen molar-refractivity contribution < 1.29 is 17.7 Å². The number of rotatable bonds is 22. The summed E-state index contributed by atoms with van der Waals surface area (Å²) in [6.07, 6.45) is 17.5. The van der Waals surface area contributed by atoms with E-state index in [1.165, 1.54) is 0 Å². The third-order valence-electron chi connectivity index (χ3n) is 5.32. The molecule has 0 saturated heterocycles. The van der Waals surface area contributed by atoms with Gasteiger partial charge in [0.1, 0.15) is 0 Å². The maximum absolute atomic E-state index is 6.68. The van der Waals surface area contributed by atoms with Crippen molar-refractivity contribution in [3.05, 3.63) is 24.3 Å². The Balaban J connectivity index is 5.92. The van der Waals surface area contributed by atoms with Gasteiger partial charge in [-0.05, 0) is 39.5 Å². The molecule has 0 atom stereocenters. The largest absolute Gasteiger partial charge is 0.394 e. The minimum Gasteiger partial charge on any atom is -0.394 e. The fourth-order valence-electron chi connectivity index (χ4n) is 3.28. The maximum atomic E-state index is 6.68. The van der Waals surface area contributed by atoms with Gasteiger partial charge in [-0.3, -0.25) is 0 Å². The Morgan fingerprint density at radius 1 is 0.516 bits per heavy atom. The first-order chi connectivity index (χ1) is 15.1. The minimum atomic E-state index is -2.51. The van der Waals surface area contributed by atoms with Crippen molar-refractivity contribution in [2.24, 2.45) is 0 Å². The molecule has 0 fully saturated rings. The highest BCUT2D eigenvalue weighted by molar-refractivity contribution is 6.86. The Bertz CT molecular complexity index is 395. The molecular weight excluding hydrogens is 420 g/mol. The molecule has 0 heterocycles. The summed E-state index contributed by atoms with van der Waals surface area (Å²) in [6, 6.07) is 1.74. The van der Waals surface area contributed by atoms with Crippen LogP contribution in [0.3, 0.4) is 0 Å². The van der Waals surface area contributed by atoms with Crippen LogP contribution in [0, 0.1) is 0 Å². The molecule has 4 nitrogen and oxygen atoms in total. The first kappa shape index (κ1) is 30.8. The van der Waals surface area contributed by atoms with Crippen LogP contribution in [0.15, 0.2) is 24.3 Å². The number of hydrogen-bond donors (Lipinski definition) is 0. The Morgan fingerprint density at radius 2 is 0.806 bits per heavy atom. The summed E-state index contributed by atoms with van der Waals surface area (Å²) in [5.41, 5.74) is 0.843.